The topological polar surface area (TPSA) is 109 Å². The first-order valence-corrected chi connectivity index (χ1v) is 13.9. The van der Waals surface area contributed by atoms with Crippen LogP contribution in [-0.4, -0.2) is 58.8 Å². The summed E-state index contributed by atoms with van der Waals surface area (Å²) in [4.78, 5) is 28.9. The number of pyridine rings is 1. The van der Waals surface area contributed by atoms with Crippen LogP contribution >= 0.6 is 0 Å². The minimum absolute atomic E-state index is 0.0409. The predicted molar refractivity (Wildman–Crippen MR) is 133 cm³/mol. The molecule has 0 radical (unpaired) electrons. The smallest absolute Gasteiger partial charge is 0.264 e. The Morgan fingerprint density at radius 1 is 1.12 bits per heavy atom. The lowest BCUT2D eigenvalue weighted by Crippen LogP contribution is -2.51. The van der Waals surface area contributed by atoms with E-state index in [1.54, 1.807) is 10.6 Å². The molecule has 186 valence electrons. The van der Waals surface area contributed by atoms with E-state index in [0.717, 1.165) is 56.0 Å². The summed E-state index contributed by atoms with van der Waals surface area (Å²) in [6, 6.07) is 10.1. The number of benzene rings is 1. The number of hydrogen-bond acceptors (Lipinski definition) is 5. The number of para-hydroxylation sites is 1. The van der Waals surface area contributed by atoms with Gasteiger partial charge in [0.25, 0.3) is 21.6 Å². The van der Waals surface area contributed by atoms with Crippen molar-refractivity contribution in [2.24, 2.45) is 0 Å². The number of fused-ring (bicyclic) bond motifs is 3. The van der Waals surface area contributed by atoms with Gasteiger partial charge in [-0.1, -0.05) is 24.6 Å². The molecular formula is C25H35N3O5S. The number of nitrogens with one attached hydrogen (secondary N) is 1. The number of nitrogens with zero attached hydrogens (tertiary/aromatic N) is 2. The van der Waals surface area contributed by atoms with Gasteiger partial charge >= 0.3 is 0 Å². The maximum absolute atomic E-state index is 13.2. The molecule has 2 aliphatic rings. The zero-order valence-corrected chi connectivity index (χ0v) is 20.8. The molecule has 1 amide bonds. The highest BCUT2D eigenvalue weighted by atomic mass is 32.2. The van der Waals surface area contributed by atoms with Crippen molar-refractivity contribution in [1.82, 2.24) is 14.8 Å². The van der Waals surface area contributed by atoms with Crippen molar-refractivity contribution in [3.8, 4) is 0 Å². The Hall–Kier alpha value is -2.23. The molecule has 2 aliphatic heterocycles. The van der Waals surface area contributed by atoms with Crippen LogP contribution in [0, 0.1) is 0 Å². The molecule has 0 spiro atoms. The number of carbonyl (C=O) groups excluding carboxylic acids is 1. The van der Waals surface area contributed by atoms with Crippen LogP contribution in [-0.2, 0) is 10.1 Å². The minimum Gasteiger partial charge on any atom is -0.349 e. The molecule has 1 aromatic carbocycles. The molecule has 2 bridgehead atoms. The van der Waals surface area contributed by atoms with E-state index in [0.29, 0.717) is 18.5 Å². The van der Waals surface area contributed by atoms with E-state index in [1.165, 1.54) is 0 Å². The molecular weight excluding hydrogens is 454 g/mol. The van der Waals surface area contributed by atoms with Crippen molar-refractivity contribution in [2.45, 2.75) is 83.0 Å². The lowest BCUT2D eigenvalue weighted by atomic mass is 9.96. The monoisotopic (exact) mass is 489 g/mol. The van der Waals surface area contributed by atoms with Crippen LogP contribution < -0.4 is 10.9 Å². The maximum Gasteiger partial charge on any atom is 0.264 e. The van der Waals surface area contributed by atoms with E-state index in [2.05, 4.69) is 10.2 Å². The summed E-state index contributed by atoms with van der Waals surface area (Å²) in [5.74, 6) is -0.477. The Labute approximate surface area is 201 Å². The summed E-state index contributed by atoms with van der Waals surface area (Å²) >= 11 is 0. The Bertz CT molecular complexity index is 1190. The van der Waals surface area contributed by atoms with Crippen LogP contribution in [0.1, 0.15) is 75.2 Å². The van der Waals surface area contributed by atoms with Crippen molar-refractivity contribution in [1.29, 1.82) is 0 Å². The van der Waals surface area contributed by atoms with Crippen LogP contribution in [0.3, 0.4) is 0 Å². The van der Waals surface area contributed by atoms with Crippen LogP contribution in [0.15, 0.2) is 35.1 Å². The summed E-state index contributed by atoms with van der Waals surface area (Å²) in [7, 11) is -3.88. The van der Waals surface area contributed by atoms with E-state index < -0.39 is 10.1 Å². The highest BCUT2D eigenvalue weighted by Gasteiger charge is 2.40. The standard InChI is InChI=1S/C25H35N3O5S/c1-17(2)28-23-9-5-4-8-18(23)14-22(25(28)30)24(29)26-19-15-20-10-11-21(16-19)27(20)12-6-3-7-13-34(31,32)33/h4-5,8-9,14,17,19-21H,3,6-7,10-13,15-16H2,1-2H3,(H,26,29)(H,31,32,33)/t20-,21-/m1/s1. The van der Waals surface area contributed by atoms with Gasteiger partial charge in [-0.3, -0.25) is 19.0 Å². The second kappa shape index (κ2) is 10.2. The van der Waals surface area contributed by atoms with Crippen molar-refractivity contribution in [2.75, 3.05) is 12.3 Å². The van der Waals surface area contributed by atoms with Gasteiger partial charge in [-0.25, -0.2) is 0 Å². The summed E-state index contributed by atoms with van der Waals surface area (Å²) in [5, 5.41) is 4.03. The minimum atomic E-state index is -3.88. The lowest BCUT2D eigenvalue weighted by molar-refractivity contribution is 0.0840. The maximum atomic E-state index is 13.2. The van der Waals surface area contributed by atoms with Gasteiger partial charge in [-0.05, 0) is 76.4 Å². The average Bonchev–Trinajstić information content (AvgIpc) is 2.99. The summed E-state index contributed by atoms with van der Waals surface area (Å²) in [6.07, 6.45) is 6.04. The van der Waals surface area contributed by atoms with Gasteiger partial charge < -0.3 is 9.88 Å². The Morgan fingerprint density at radius 3 is 2.44 bits per heavy atom. The third kappa shape index (κ3) is 5.53. The number of aromatic nitrogens is 1. The van der Waals surface area contributed by atoms with E-state index in [-0.39, 0.29) is 34.9 Å². The van der Waals surface area contributed by atoms with Gasteiger partial charge in [0.05, 0.1) is 11.3 Å². The molecule has 9 heteroatoms. The first-order chi connectivity index (χ1) is 16.1. The second-order valence-corrected chi connectivity index (χ2v) is 11.6. The van der Waals surface area contributed by atoms with Gasteiger partial charge in [0.15, 0.2) is 0 Å². The Balaban J connectivity index is 1.39. The van der Waals surface area contributed by atoms with E-state index in [9.17, 15) is 18.0 Å². The number of piperidine rings is 1. The third-order valence-electron chi connectivity index (χ3n) is 7.24. The number of rotatable bonds is 9. The van der Waals surface area contributed by atoms with Gasteiger partial charge in [-0.15, -0.1) is 0 Å². The Morgan fingerprint density at radius 2 is 1.79 bits per heavy atom. The fraction of sp³-hybridized carbons (Fsp3) is 0.600. The van der Waals surface area contributed by atoms with E-state index in [4.69, 9.17) is 4.55 Å². The fourth-order valence-corrected chi connectivity index (χ4v) is 6.31. The molecule has 2 atom stereocenters. The summed E-state index contributed by atoms with van der Waals surface area (Å²) in [5.41, 5.74) is 0.777. The number of hydrogen-bond donors (Lipinski definition) is 2. The average molecular weight is 490 g/mol. The van der Waals surface area contributed by atoms with Crippen molar-refractivity contribution < 1.29 is 17.8 Å². The van der Waals surface area contributed by atoms with Crippen molar-refractivity contribution >= 4 is 26.9 Å². The fourth-order valence-electron chi connectivity index (χ4n) is 5.74. The van der Waals surface area contributed by atoms with Crippen LogP contribution in [0.2, 0.25) is 0 Å². The molecule has 2 fully saturated rings. The van der Waals surface area contributed by atoms with Crippen molar-refractivity contribution in [3.05, 3.63) is 46.2 Å². The third-order valence-corrected chi connectivity index (χ3v) is 8.05. The molecule has 8 nitrogen and oxygen atoms in total. The van der Waals surface area contributed by atoms with Gasteiger partial charge in [-0.2, -0.15) is 8.42 Å². The van der Waals surface area contributed by atoms with E-state index >= 15 is 0 Å². The molecule has 2 aromatic rings. The quantitative estimate of drug-likeness (QED) is 0.413. The SMILES string of the molecule is CC(C)n1c(=O)c(C(=O)NC2C[C@H]3CC[C@H](C2)N3CCCCCS(=O)(=O)O)cc2ccccc21. The number of amides is 1. The Kier molecular flexibility index (Phi) is 7.45. The lowest BCUT2D eigenvalue weighted by Gasteiger charge is -2.39. The molecule has 2 saturated heterocycles. The van der Waals surface area contributed by atoms with Crippen LogP contribution in [0.4, 0.5) is 0 Å². The van der Waals surface area contributed by atoms with Crippen molar-refractivity contribution in [3.63, 3.8) is 0 Å². The number of unbranched alkanes of at least 4 members (excludes halogenated alkanes) is 2. The molecule has 0 saturated carbocycles. The second-order valence-electron chi connectivity index (χ2n) is 10.00. The predicted octanol–water partition coefficient (Wildman–Crippen LogP) is 3.37. The largest absolute Gasteiger partial charge is 0.349 e. The first kappa shape index (κ1) is 24.9. The zero-order valence-electron chi connectivity index (χ0n) is 19.9. The van der Waals surface area contributed by atoms with Gasteiger partial charge in [0.2, 0.25) is 0 Å². The van der Waals surface area contributed by atoms with Gasteiger partial charge in [0, 0.05) is 24.2 Å². The van der Waals surface area contributed by atoms with Crippen LogP contribution in [0.25, 0.3) is 10.9 Å². The number of carbonyl (C=O) groups is 1. The molecule has 2 N–H and O–H groups in total. The van der Waals surface area contributed by atoms with Crippen LogP contribution in [0.5, 0.6) is 0 Å². The molecule has 3 heterocycles. The molecule has 0 unspecified atom stereocenters. The zero-order chi connectivity index (χ0) is 24.5. The molecule has 34 heavy (non-hydrogen) atoms. The highest BCUT2D eigenvalue weighted by molar-refractivity contribution is 7.85. The normalized spacial score (nSPS) is 23.0. The first-order valence-electron chi connectivity index (χ1n) is 12.3. The highest BCUT2D eigenvalue weighted by Crippen LogP contribution is 2.36. The summed E-state index contributed by atoms with van der Waals surface area (Å²) in [6.45, 7) is 4.81. The van der Waals surface area contributed by atoms with E-state index in [1.807, 2.05) is 38.1 Å². The van der Waals surface area contributed by atoms with Gasteiger partial charge in [0.1, 0.15) is 5.56 Å². The summed E-state index contributed by atoms with van der Waals surface area (Å²) < 4.78 is 32.3. The molecule has 1 aromatic heterocycles. The molecule has 0 aliphatic carbocycles. The molecule has 4 rings (SSSR count).